The standard InChI is InChI=1S/C17H26N2O4/c1-11-9-23-10-13(8-20)15(16(11)21)19-17(22)14(18)7-12-5-3-2-4-6-12/h2-6,11,13-16,20-21H,7-10,18H2,1H3,(H,19,22)/t11-,13+,14?,15+,16?/m1/s1. The first kappa shape index (κ1) is 17.9. The van der Waals surface area contributed by atoms with Gasteiger partial charge in [0.15, 0.2) is 0 Å². The van der Waals surface area contributed by atoms with Crippen LogP contribution in [-0.2, 0) is 16.0 Å². The molecule has 6 nitrogen and oxygen atoms in total. The van der Waals surface area contributed by atoms with E-state index in [0.29, 0.717) is 19.6 Å². The number of hydrogen-bond acceptors (Lipinski definition) is 5. The van der Waals surface area contributed by atoms with Gasteiger partial charge in [-0.15, -0.1) is 0 Å². The number of aliphatic hydroxyl groups excluding tert-OH is 2. The minimum Gasteiger partial charge on any atom is -0.396 e. The van der Waals surface area contributed by atoms with Gasteiger partial charge in [-0.2, -0.15) is 0 Å². The smallest absolute Gasteiger partial charge is 0.237 e. The molecule has 5 atom stereocenters. The normalized spacial score (nSPS) is 29.6. The van der Waals surface area contributed by atoms with Crippen molar-refractivity contribution in [1.29, 1.82) is 0 Å². The Balaban J connectivity index is 2.00. The summed E-state index contributed by atoms with van der Waals surface area (Å²) in [6.07, 6.45) is -0.353. The first-order valence-corrected chi connectivity index (χ1v) is 7.99. The largest absolute Gasteiger partial charge is 0.396 e. The Morgan fingerprint density at radius 3 is 2.74 bits per heavy atom. The van der Waals surface area contributed by atoms with E-state index in [0.717, 1.165) is 5.56 Å². The van der Waals surface area contributed by atoms with E-state index in [1.807, 2.05) is 37.3 Å². The summed E-state index contributed by atoms with van der Waals surface area (Å²) in [7, 11) is 0. The molecule has 1 heterocycles. The van der Waals surface area contributed by atoms with Crippen molar-refractivity contribution in [2.24, 2.45) is 17.6 Å². The lowest BCUT2D eigenvalue weighted by molar-refractivity contribution is -0.124. The average molecular weight is 322 g/mol. The molecule has 5 N–H and O–H groups in total. The second kappa shape index (κ2) is 8.40. The molecule has 1 aliphatic rings. The Hall–Kier alpha value is -1.47. The Morgan fingerprint density at radius 1 is 1.39 bits per heavy atom. The van der Waals surface area contributed by atoms with Gasteiger partial charge in [0, 0.05) is 11.8 Å². The van der Waals surface area contributed by atoms with Crippen LogP contribution in [0.5, 0.6) is 0 Å². The van der Waals surface area contributed by atoms with Gasteiger partial charge < -0.3 is 26.0 Å². The molecule has 1 aliphatic heterocycles. The molecule has 0 radical (unpaired) electrons. The van der Waals surface area contributed by atoms with Gasteiger partial charge in [-0.25, -0.2) is 0 Å². The van der Waals surface area contributed by atoms with Crippen LogP contribution >= 0.6 is 0 Å². The number of nitrogens with two attached hydrogens (primary N) is 1. The number of hydrogen-bond donors (Lipinski definition) is 4. The van der Waals surface area contributed by atoms with Gasteiger partial charge in [-0.1, -0.05) is 37.3 Å². The van der Waals surface area contributed by atoms with Crippen LogP contribution < -0.4 is 11.1 Å². The Bertz CT molecular complexity index is 495. The van der Waals surface area contributed by atoms with E-state index in [4.69, 9.17) is 10.5 Å². The predicted molar refractivity (Wildman–Crippen MR) is 86.6 cm³/mol. The first-order valence-electron chi connectivity index (χ1n) is 7.99. The molecule has 6 heteroatoms. The number of nitrogens with one attached hydrogen (secondary N) is 1. The van der Waals surface area contributed by atoms with Crippen molar-refractivity contribution in [1.82, 2.24) is 5.32 Å². The molecular formula is C17H26N2O4. The molecule has 0 aromatic heterocycles. The minimum absolute atomic E-state index is 0.123. The zero-order chi connectivity index (χ0) is 16.8. The van der Waals surface area contributed by atoms with Crippen molar-refractivity contribution in [3.05, 3.63) is 35.9 Å². The van der Waals surface area contributed by atoms with Crippen LogP contribution in [0.1, 0.15) is 12.5 Å². The highest BCUT2D eigenvalue weighted by molar-refractivity contribution is 5.82. The number of ether oxygens (including phenoxy) is 1. The maximum atomic E-state index is 12.4. The van der Waals surface area contributed by atoms with Gasteiger partial charge in [0.2, 0.25) is 5.91 Å². The SMILES string of the molecule is C[C@@H]1COC[C@H](CO)[C@H](NC(=O)C(N)Cc2ccccc2)C1O. The molecule has 0 bridgehead atoms. The van der Waals surface area contributed by atoms with E-state index in [2.05, 4.69) is 5.32 Å². The highest BCUT2D eigenvalue weighted by Gasteiger charge is 2.36. The lowest BCUT2D eigenvalue weighted by atomic mass is 9.90. The zero-order valence-corrected chi connectivity index (χ0v) is 13.4. The third-order valence-corrected chi connectivity index (χ3v) is 4.35. The molecule has 1 aromatic carbocycles. The maximum absolute atomic E-state index is 12.4. The highest BCUT2D eigenvalue weighted by atomic mass is 16.5. The summed E-state index contributed by atoms with van der Waals surface area (Å²) in [6.45, 7) is 2.40. The molecule has 1 amide bonds. The molecule has 0 spiro atoms. The van der Waals surface area contributed by atoms with Gasteiger partial charge in [0.05, 0.1) is 38.0 Å². The van der Waals surface area contributed by atoms with Crippen molar-refractivity contribution in [2.45, 2.75) is 31.5 Å². The third kappa shape index (κ3) is 4.75. The van der Waals surface area contributed by atoms with Crippen LogP contribution in [0.2, 0.25) is 0 Å². The lowest BCUT2D eigenvalue weighted by Crippen LogP contribution is -2.55. The monoisotopic (exact) mass is 322 g/mol. The summed E-state index contributed by atoms with van der Waals surface area (Å²) < 4.78 is 5.45. The van der Waals surface area contributed by atoms with Crippen LogP contribution in [0.25, 0.3) is 0 Å². The summed E-state index contributed by atoms with van der Waals surface area (Å²) in [6, 6.07) is 8.27. The quantitative estimate of drug-likeness (QED) is 0.594. The number of rotatable bonds is 5. The first-order chi connectivity index (χ1) is 11.0. The van der Waals surface area contributed by atoms with Crippen molar-refractivity contribution >= 4 is 5.91 Å². The van der Waals surface area contributed by atoms with Crippen molar-refractivity contribution < 1.29 is 19.7 Å². The summed E-state index contributed by atoms with van der Waals surface area (Å²) in [4.78, 5) is 12.4. The number of benzene rings is 1. The van der Waals surface area contributed by atoms with Gasteiger partial charge in [-0.05, 0) is 12.0 Å². The minimum atomic E-state index is -0.775. The van der Waals surface area contributed by atoms with Crippen molar-refractivity contribution in [3.8, 4) is 0 Å². The third-order valence-electron chi connectivity index (χ3n) is 4.35. The van der Waals surface area contributed by atoms with Crippen LogP contribution in [-0.4, -0.2) is 54.1 Å². The molecule has 2 unspecified atom stereocenters. The molecule has 1 fully saturated rings. The fourth-order valence-corrected chi connectivity index (χ4v) is 2.84. The molecule has 1 saturated heterocycles. The molecule has 128 valence electrons. The van der Waals surface area contributed by atoms with Crippen LogP contribution in [0.4, 0.5) is 0 Å². The van der Waals surface area contributed by atoms with E-state index in [1.54, 1.807) is 0 Å². The second-order valence-corrected chi connectivity index (χ2v) is 6.28. The van der Waals surface area contributed by atoms with Crippen LogP contribution in [0, 0.1) is 11.8 Å². The summed E-state index contributed by atoms with van der Waals surface area (Å²) in [5.41, 5.74) is 6.96. The number of carbonyl (C=O) groups is 1. The van der Waals surface area contributed by atoms with Crippen LogP contribution in [0.3, 0.4) is 0 Å². The summed E-state index contributed by atoms with van der Waals surface area (Å²) in [5.74, 6) is -0.796. The molecule has 0 saturated carbocycles. The van der Waals surface area contributed by atoms with Gasteiger partial charge in [0.25, 0.3) is 0 Å². The van der Waals surface area contributed by atoms with Gasteiger partial charge in [-0.3, -0.25) is 4.79 Å². The number of aliphatic hydroxyl groups is 2. The van der Waals surface area contributed by atoms with Crippen molar-refractivity contribution in [2.75, 3.05) is 19.8 Å². The fourth-order valence-electron chi connectivity index (χ4n) is 2.84. The predicted octanol–water partition coefficient (Wildman–Crippen LogP) is -0.323. The zero-order valence-electron chi connectivity index (χ0n) is 13.4. The number of amides is 1. The molecule has 23 heavy (non-hydrogen) atoms. The topological polar surface area (TPSA) is 105 Å². The highest BCUT2D eigenvalue weighted by Crippen LogP contribution is 2.20. The molecule has 2 rings (SSSR count). The van der Waals surface area contributed by atoms with E-state index in [1.165, 1.54) is 0 Å². The van der Waals surface area contributed by atoms with E-state index in [9.17, 15) is 15.0 Å². The average Bonchev–Trinajstić information content (AvgIpc) is 2.69. The Kier molecular flexibility index (Phi) is 6.53. The maximum Gasteiger partial charge on any atom is 0.237 e. The van der Waals surface area contributed by atoms with Gasteiger partial charge >= 0.3 is 0 Å². The Labute approximate surface area is 136 Å². The molecule has 1 aromatic rings. The summed E-state index contributed by atoms with van der Waals surface area (Å²) in [5, 5.41) is 22.7. The summed E-state index contributed by atoms with van der Waals surface area (Å²) >= 11 is 0. The fraction of sp³-hybridized carbons (Fsp3) is 0.588. The van der Waals surface area contributed by atoms with Gasteiger partial charge in [0.1, 0.15) is 0 Å². The van der Waals surface area contributed by atoms with Crippen molar-refractivity contribution in [3.63, 3.8) is 0 Å². The molecular weight excluding hydrogens is 296 g/mol. The van der Waals surface area contributed by atoms with E-state index < -0.39 is 18.2 Å². The van der Waals surface area contributed by atoms with E-state index >= 15 is 0 Å². The van der Waals surface area contributed by atoms with E-state index in [-0.39, 0.29) is 24.3 Å². The Morgan fingerprint density at radius 2 is 2.09 bits per heavy atom. The number of carbonyl (C=O) groups excluding carboxylic acids is 1. The lowest BCUT2D eigenvalue weighted by Gasteiger charge is -2.30. The second-order valence-electron chi connectivity index (χ2n) is 6.28. The van der Waals surface area contributed by atoms with Crippen LogP contribution in [0.15, 0.2) is 30.3 Å². The molecule has 0 aliphatic carbocycles.